The van der Waals surface area contributed by atoms with Gasteiger partial charge in [0.05, 0.1) is 10.6 Å². The first-order valence-corrected chi connectivity index (χ1v) is 8.24. The summed E-state index contributed by atoms with van der Waals surface area (Å²) in [5.74, 6) is 0. The van der Waals surface area contributed by atoms with Gasteiger partial charge in [-0.15, -0.1) is 23.1 Å². The van der Waals surface area contributed by atoms with E-state index in [1.54, 1.807) is 11.8 Å². The van der Waals surface area contributed by atoms with E-state index in [0.717, 1.165) is 16.4 Å². The van der Waals surface area contributed by atoms with Crippen LogP contribution in [0.25, 0.3) is 0 Å². The van der Waals surface area contributed by atoms with Crippen molar-refractivity contribution in [1.82, 2.24) is 0 Å². The molecule has 0 saturated carbocycles. The number of benzene rings is 1. The van der Waals surface area contributed by atoms with Crippen molar-refractivity contribution in [2.24, 2.45) is 0 Å². The van der Waals surface area contributed by atoms with Gasteiger partial charge >= 0.3 is 0 Å². The minimum atomic E-state index is 0.598. The van der Waals surface area contributed by atoms with Crippen molar-refractivity contribution in [3.8, 4) is 6.07 Å². The van der Waals surface area contributed by atoms with E-state index in [1.807, 2.05) is 13.3 Å². The van der Waals surface area contributed by atoms with Crippen LogP contribution in [0.3, 0.4) is 0 Å². The lowest BCUT2D eigenvalue weighted by Gasteiger charge is -2.19. The molecule has 3 nitrogen and oxygen atoms in total. The molecule has 0 atom stereocenters. The quantitative estimate of drug-likeness (QED) is 0.871. The minimum absolute atomic E-state index is 0.598. The van der Waals surface area contributed by atoms with Crippen LogP contribution in [-0.4, -0.2) is 13.3 Å². The van der Waals surface area contributed by atoms with E-state index in [4.69, 9.17) is 11.0 Å². The van der Waals surface area contributed by atoms with E-state index in [-0.39, 0.29) is 0 Å². The van der Waals surface area contributed by atoms with Crippen LogP contribution < -0.4 is 10.6 Å². The van der Waals surface area contributed by atoms with Crippen LogP contribution in [0.15, 0.2) is 29.2 Å². The molecular weight excluding hydrogens is 286 g/mol. The van der Waals surface area contributed by atoms with Gasteiger partial charge in [-0.2, -0.15) is 5.26 Å². The van der Waals surface area contributed by atoms with Gasteiger partial charge in [0.25, 0.3) is 0 Å². The maximum Gasteiger partial charge on any atom is 0.131 e. The van der Waals surface area contributed by atoms with Crippen molar-refractivity contribution in [2.45, 2.75) is 18.4 Å². The summed E-state index contributed by atoms with van der Waals surface area (Å²) in [6.07, 6.45) is 1.99. The molecule has 0 spiro atoms. The molecule has 0 radical (unpaired) electrons. The number of nitriles is 1. The lowest BCUT2D eigenvalue weighted by Crippen LogP contribution is -2.15. The van der Waals surface area contributed by atoms with Crippen molar-refractivity contribution in [2.75, 3.05) is 23.9 Å². The first kappa shape index (κ1) is 14.8. The van der Waals surface area contributed by atoms with Crippen LogP contribution in [0.5, 0.6) is 0 Å². The summed E-state index contributed by atoms with van der Waals surface area (Å²) in [6.45, 7) is 2.90. The molecule has 1 aromatic heterocycles. The molecule has 0 bridgehead atoms. The summed E-state index contributed by atoms with van der Waals surface area (Å²) in [7, 11) is 2.04. The molecule has 2 N–H and O–H groups in total. The van der Waals surface area contributed by atoms with Crippen molar-refractivity contribution in [3.05, 3.63) is 40.3 Å². The SMILES string of the molecule is CSc1c(N(C)Cc2cccc(C)c2)sc(C#N)c1N. The van der Waals surface area contributed by atoms with E-state index < -0.39 is 0 Å². The van der Waals surface area contributed by atoms with Crippen LogP contribution in [0.1, 0.15) is 16.0 Å². The minimum Gasteiger partial charge on any atom is -0.396 e. The third-order valence-electron chi connectivity index (χ3n) is 3.04. The third-order valence-corrected chi connectivity index (χ3v) is 5.21. The lowest BCUT2D eigenvalue weighted by molar-refractivity contribution is 0.923. The summed E-state index contributed by atoms with van der Waals surface area (Å²) >= 11 is 3.05. The second kappa shape index (κ2) is 6.21. The molecule has 2 rings (SSSR count). The van der Waals surface area contributed by atoms with E-state index in [2.05, 4.69) is 42.2 Å². The Balaban J connectivity index is 2.30. The first-order chi connectivity index (χ1) is 9.56. The average Bonchev–Trinajstić information content (AvgIpc) is 2.75. The predicted molar refractivity (Wildman–Crippen MR) is 88.5 cm³/mol. The second-order valence-electron chi connectivity index (χ2n) is 4.64. The van der Waals surface area contributed by atoms with Gasteiger partial charge in [-0.1, -0.05) is 29.8 Å². The van der Waals surface area contributed by atoms with Crippen LogP contribution >= 0.6 is 23.1 Å². The molecule has 2 aromatic rings. The predicted octanol–water partition coefficient (Wildman–Crippen LogP) is 3.87. The monoisotopic (exact) mass is 303 g/mol. The molecule has 1 aromatic carbocycles. The van der Waals surface area contributed by atoms with Crippen LogP contribution in [-0.2, 0) is 6.54 Å². The van der Waals surface area contributed by atoms with Crippen LogP contribution in [0.2, 0.25) is 0 Å². The summed E-state index contributed by atoms with van der Waals surface area (Å²) in [4.78, 5) is 3.75. The summed E-state index contributed by atoms with van der Waals surface area (Å²) in [6, 6.07) is 10.6. The number of anilines is 2. The zero-order valence-corrected chi connectivity index (χ0v) is 13.4. The van der Waals surface area contributed by atoms with Crippen molar-refractivity contribution < 1.29 is 0 Å². The Labute approximate surface area is 128 Å². The fraction of sp³-hybridized carbons (Fsp3) is 0.267. The zero-order chi connectivity index (χ0) is 14.7. The fourth-order valence-corrected chi connectivity index (χ4v) is 4.07. The van der Waals surface area contributed by atoms with Gasteiger partial charge in [-0.05, 0) is 18.7 Å². The van der Waals surface area contributed by atoms with E-state index in [9.17, 15) is 0 Å². The lowest BCUT2D eigenvalue weighted by atomic mass is 10.1. The molecule has 20 heavy (non-hydrogen) atoms. The Bertz CT molecular complexity index is 656. The highest BCUT2D eigenvalue weighted by Gasteiger charge is 2.18. The molecule has 0 aliphatic rings. The highest BCUT2D eigenvalue weighted by molar-refractivity contribution is 7.99. The number of thioether (sulfide) groups is 1. The highest BCUT2D eigenvalue weighted by Crippen LogP contribution is 2.43. The standard InChI is InChI=1S/C15H17N3S2/c1-10-5-4-6-11(7-10)9-18(2)15-14(19-3)13(17)12(8-16)20-15/h4-7H,9,17H2,1-3H3. The van der Waals surface area contributed by atoms with Crippen molar-refractivity contribution in [3.63, 3.8) is 0 Å². The van der Waals surface area contributed by atoms with Gasteiger partial charge in [0.15, 0.2) is 0 Å². The average molecular weight is 303 g/mol. The van der Waals surface area contributed by atoms with Crippen molar-refractivity contribution >= 4 is 33.8 Å². The van der Waals surface area contributed by atoms with Gasteiger partial charge in [0.1, 0.15) is 15.9 Å². The summed E-state index contributed by atoms with van der Waals surface area (Å²) in [5.41, 5.74) is 9.14. The topological polar surface area (TPSA) is 53.0 Å². The smallest absolute Gasteiger partial charge is 0.131 e. The maximum atomic E-state index is 9.11. The van der Waals surface area contributed by atoms with Crippen LogP contribution in [0.4, 0.5) is 10.7 Å². The summed E-state index contributed by atoms with van der Waals surface area (Å²) in [5, 5.41) is 10.2. The summed E-state index contributed by atoms with van der Waals surface area (Å²) < 4.78 is 0. The van der Waals surface area contributed by atoms with E-state index >= 15 is 0 Å². The molecular formula is C15H17N3S2. The molecule has 0 unspecified atom stereocenters. The molecule has 0 amide bonds. The molecule has 0 aliphatic heterocycles. The number of aryl methyl sites for hydroxylation is 1. The molecule has 0 saturated heterocycles. The number of rotatable bonds is 4. The van der Waals surface area contributed by atoms with E-state index in [1.165, 1.54) is 22.5 Å². The maximum absolute atomic E-state index is 9.11. The van der Waals surface area contributed by atoms with Gasteiger partial charge in [-0.3, -0.25) is 0 Å². The second-order valence-corrected chi connectivity index (χ2v) is 6.46. The van der Waals surface area contributed by atoms with Gasteiger partial charge in [0, 0.05) is 13.6 Å². The normalized spacial score (nSPS) is 10.3. The molecule has 5 heteroatoms. The Morgan fingerprint density at radius 2 is 2.20 bits per heavy atom. The van der Waals surface area contributed by atoms with Crippen molar-refractivity contribution in [1.29, 1.82) is 5.26 Å². The zero-order valence-electron chi connectivity index (χ0n) is 11.8. The number of thiophene rings is 1. The molecule has 104 valence electrons. The number of hydrogen-bond acceptors (Lipinski definition) is 5. The highest BCUT2D eigenvalue weighted by atomic mass is 32.2. The van der Waals surface area contributed by atoms with E-state index in [0.29, 0.717) is 10.6 Å². The number of nitrogens with two attached hydrogens (primary N) is 1. The van der Waals surface area contributed by atoms with Crippen LogP contribution in [0, 0.1) is 18.3 Å². The molecule has 0 fully saturated rings. The molecule has 0 aliphatic carbocycles. The number of hydrogen-bond donors (Lipinski definition) is 1. The largest absolute Gasteiger partial charge is 0.396 e. The first-order valence-electron chi connectivity index (χ1n) is 6.19. The third kappa shape index (κ3) is 2.92. The number of nitrogen functional groups attached to an aromatic ring is 1. The Kier molecular flexibility index (Phi) is 4.58. The fourth-order valence-electron chi connectivity index (χ4n) is 2.10. The Morgan fingerprint density at radius 3 is 2.80 bits per heavy atom. The Hall–Kier alpha value is -1.64. The van der Waals surface area contributed by atoms with Gasteiger partial charge in [-0.25, -0.2) is 0 Å². The number of nitrogens with zero attached hydrogens (tertiary/aromatic N) is 2. The van der Waals surface area contributed by atoms with Gasteiger partial charge < -0.3 is 10.6 Å². The molecule has 1 heterocycles. The van der Waals surface area contributed by atoms with Gasteiger partial charge in [0.2, 0.25) is 0 Å². The Morgan fingerprint density at radius 1 is 1.45 bits per heavy atom.